The van der Waals surface area contributed by atoms with Gasteiger partial charge < -0.3 is 15.0 Å². The molecule has 4 rings (SSSR count). The molecule has 0 saturated heterocycles. The van der Waals surface area contributed by atoms with E-state index in [0.29, 0.717) is 17.9 Å². The fraction of sp³-hybridized carbons (Fsp3) is 0.394. The summed E-state index contributed by atoms with van der Waals surface area (Å²) in [4.78, 5) is 29.6. The summed E-state index contributed by atoms with van der Waals surface area (Å²) in [5, 5.41) is 3.22. The standard InChI is InChI=1S/C33H40BrN3O5S/c1-42-31-19-9-8-18-29(31)37(43(2,40)41)21-11-20-32(38)36(24-26-14-10-15-27(34)22-26)30(23-25-12-4-3-5-13-25)33(39)35-28-16-6-7-17-28/h3-5,8-10,12-15,18-19,22,28,30H,6-7,11,16-17,20-21,23-24H2,1-2H3,(H,35,39)/t30-/m1/s1. The number of hydrogen-bond acceptors (Lipinski definition) is 5. The second-order valence-corrected chi connectivity index (χ2v) is 13.8. The van der Waals surface area contributed by atoms with Crippen LogP contribution in [0.4, 0.5) is 5.69 Å². The second-order valence-electron chi connectivity index (χ2n) is 11.0. The van der Waals surface area contributed by atoms with Gasteiger partial charge in [0.05, 0.1) is 19.1 Å². The molecule has 1 aliphatic rings. The van der Waals surface area contributed by atoms with Crippen molar-refractivity contribution < 1.29 is 22.7 Å². The zero-order valence-corrected chi connectivity index (χ0v) is 27.1. The van der Waals surface area contributed by atoms with E-state index in [4.69, 9.17) is 4.74 Å². The van der Waals surface area contributed by atoms with E-state index >= 15 is 0 Å². The Bertz CT molecular complexity index is 1480. The number of hydrogen-bond donors (Lipinski definition) is 1. The van der Waals surface area contributed by atoms with Gasteiger partial charge in [0.15, 0.2) is 0 Å². The number of nitrogens with one attached hydrogen (secondary N) is 1. The molecule has 1 saturated carbocycles. The third kappa shape index (κ3) is 9.31. The minimum atomic E-state index is -3.65. The number of para-hydroxylation sites is 2. The van der Waals surface area contributed by atoms with Crippen LogP contribution in [-0.4, -0.2) is 57.1 Å². The first-order valence-corrected chi connectivity index (χ1v) is 17.3. The molecule has 10 heteroatoms. The predicted octanol–water partition coefficient (Wildman–Crippen LogP) is 5.70. The number of amides is 2. The van der Waals surface area contributed by atoms with Gasteiger partial charge in [0.25, 0.3) is 0 Å². The van der Waals surface area contributed by atoms with Gasteiger partial charge in [0.2, 0.25) is 21.8 Å². The molecular weight excluding hydrogens is 630 g/mol. The highest BCUT2D eigenvalue weighted by Gasteiger charge is 2.32. The van der Waals surface area contributed by atoms with E-state index in [1.165, 1.54) is 11.4 Å². The Hall–Kier alpha value is -3.37. The Morgan fingerprint density at radius 3 is 2.33 bits per heavy atom. The largest absolute Gasteiger partial charge is 0.495 e. The van der Waals surface area contributed by atoms with Crippen LogP contribution in [0.5, 0.6) is 5.75 Å². The van der Waals surface area contributed by atoms with Gasteiger partial charge in [-0.15, -0.1) is 0 Å². The van der Waals surface area contributed by atoms with Crippen molar-refractivity contribution in [3.05, 3.63) is 94.5 Å². The Morgan fingerprint density at radius 1 is 0.977 bits per heavy atom. The van der Waals surface area contributed by atoms with Crippen molar-refractivity contribution in [2.45, 2.75) is 63.6 Å². The molecule has 0 unspecified atom stereocenters. The Balaban J connectivity index is 1.60. The van der Waals surface area contributed by atoms with Crippen molar-refractivity contribution in [1.82, 2.24) is 10.2 Å². The summed E-state index contributed by atoms with van der Waals surface area (Å²) < 4.78 is 33.1. The molecule has 3 aromatic rings. The van der Waals surface area contributed by atoms with Crippen LogP contribution in [0.2, 0.25) is 0 Å². The van der Waals surface area contributed by atoms with E-state index in [-0.39, 0.29) is 43.8 Å². The van der Waals surface area contributed by atoms with Gasteiger partial charge >= 0.3 is 0 Å². The van der Waals surface area contributed by atoms with Gasteiger partial charge in [-0.3, -0.25) is 13.9 Å². The summed E-state index contributed by atoms with van der Waals surface area (Å²) in [7, 11) is -2.15. The molecule has 43 heavy (non-hydrogen) atoms. The lowest BCUT2D eigenvalue weighted by atomic mass is 10.0. The van der Waals surface area contributed by atoms with Crippen LogP contribution in [-0.2, 0) is 32.6 Å². The number of halogens is 1. The minimum absolute atomic E-state index is 0.0666. The van der Waals surface area contributed by atoms with Crippen LogP contribution < -0.4 is 14.4 Å². The van der Waals surface area contributed by atoms with Gasteiger partial charge in [-0.05, 0) is 54.7 Å². The number of nitrogens with zero attached hydrogens (tertiary/aromatic N) is 2. The smallest absolute Gasteiger partial charge is 0.243 e. The molecular formula is C33H40BrN3O5S. The third-order valence-corrected chi connectivity index (χ3v) is 9.39. The van der Waals surface area contributed by atoms with E-state index in [0.717, 1.165) is 47.5 Å². The van der Waals surface area contributed by atoms with Crippen LogP contribution in [0, 0.1) is 0 Å². The number of sulfonamides is 1. The summed E-state index contributed by atoms with van der Waals surface area (Å²) in [5.74, 6) is 0.0592. The van der Waals surface area contributed by atoms with Crippen LogP contribution in [0.1, 0.15) is 49.7 Å². The zero-order valence-electron chi connectivity index (χ0n) is 24.7. The lowest BCUT2D eigenvalue weighted by Gasteiger charge is -2.33. The number of carbonyl (C=O) groups is 2. The number of methoxy groups -OCH3 is 1. The molecule has 1 atom stereocenters. The molecule has 0 bridgehead atoms. The first-order valence-electron chi connectivity index (χ1n) is 14.6. The molecule has 1 N–H and O–H groups in total. The molecule has 0 aromatic heterocycles. The van der Waals surface area contributed by atoms with Crippen LogP contribution in [0.25, 0.3) is 0 Å². The Labute approximate surface area is 263 Å². The lowest BCUT2D eigenvalue weighted by Crippen LogP contribution is -2.52. The number of carbonyl (C=O) groups excluding carboxylic acids is 2. The van der Waals surface area contributed by atoms with E-state index in [1.54, 1.807) is 29.2 Å². The normalized spacial score (nSPS) is 14.2. The highest BCUT2D eigenvalue weighted by Crippen LogP contribution is 2.30. The van der Waals surface area contributed by atoms with Crippen molar-refractivity contribution >= 4 is 43.5 Å². The van der Waals surface area contributed by atoms with Crippen molar-refractivity contribution in [2.75, 3.05) is 24.2 Å². The summed E-state index contributed by atoms with van der Waals surface area (Å²) in [6, 6.07) is 23.7. The number of ether oxygens (including phenoxy) is 1. The first kappa shape index (κ1) is 32.5. The average molecular weight is 671 g/mol. The van der Waals surface area contributed by atoms with E-state index in [9.17, 15) is 18.0 Å². The van der Waals surface area contributed by atoms with Crippen LogP contribution >= 0.6 is 15.9 Å². The summed E-state index contributed by atoms with van der Waals surface area (Å²) in [6.07, 6.45) is 5.88. The maximum absolute atomic E-state index is 14.0. The third-order valence-electron chi connectivity index (χ3n) is 7.72. The zero-order chi connectivity index (χ0) is 30.8. The Kier molecular flexibility index (Phi) is 11.6. The predicted molar refractivity (Wildman–Crippen MR) is 173 cm³/mol. The maximum atomic E-state index is 14.0. The number of rotatable bonds is 14. The quantitative estimate of drug-likeness (QED) is 0.238. The van der Waals surface area contributed by atoms with Gasteiger partial charge in [0.1, 0.15) is 11.8 Å². The van der Waals surface area contributed by atoms with Gasteiger partial charge in [-0.1, -0.05) is 83.4 Å². The Morgan fingerprint density at radius 2 is 1.65 bits per heavy atom. The molecule has 0 spiro atoms. The number of anilines is 1. The molecule has 1 aliphatic carbocycles. The molecule has 0 aliphatic heterocycles. The van der Waals surface area contributed by atoms with E-state index in [1.807, 2.05) is 54.6 Å². The maximum Gasteiger partial charge on any atom is 0.243 e. The van der Waals surface area contributed by atoms with E-state index in [2.05, 4.69) is 21.2 Å². The van der Waals surface area contributed by atoms with Gasteiger partial charge in [-0.2, -0.15) is 0 Å². The minimum Gasteiger partial charge on any atom is -0.495 e. The summed E-state index contributed by atoms with van der Waals surface area (Å²) in [5.41, 5.74) is 2.27. The fourth-order valence-electron chi connectivity index (χ4n) is 5.57. The molecule has 8 nitrogen and oxygen atoms in total. The molecule has 1 fully saturated rings. The van der Waals surface area contributed by atoms with Crippen LogP contribution in [0.15, 0.2) is 83.3 Å². The van der Waals surface area contributed by atoms with E-state index < -0.39 is 16.1 Å². The van der Waals surface area contributed by atoms with Gasteiger partial charge in [0, 0.05) is 36.4 Å². The molecule has 0 radical (unpaired) electrons. The SMILES string of the molecule is COc1ccccc1N(CCCC(=O)N(Cc1cccc(Br)c1)[C@H](Cc1ccccc1)C(=O)NC1CCCC1)S(C)(=O)=O. The summed E-state index contributed by atoms with van der Waals surface area (Å²) >= 11 is 3.52. The van der Waals surface area contributed by atoms with Gasteiger partial charge in [-0.25, -0.2) is 8.42 Å². The topological polar surface area (TPSA) is 96.0 Å². The number of benzene rings is 3. The van der Waals surface area contributed by atoms with Crippen molar-refractivity contribution in [1.29, 1.82) is 0 Å². The molecule has 2 amide bonds. The molecule has 230 valence electrons. The lowest BCUT2D eigenvalue weighted by molar-refractivity contribution is -0.141. The average Bonchev–Trinajstić information content (AvgIpc) is 3.50. The monoisotopic (exact) mass is 669 g/mol. The van der Waals surface area contributed by atoms with Crippen LogP contribution in [0.3, 0.4) is 0 Å². The van der Waals surface area contributed by atoms with Crippen molar-refractivity contribution in [3.8, 4) is 5.75 Å². The highest BCUT2D eigenvalue weighted by molar-refractivity contribution is 9.10. The fourth-order valence-corrected chi connectivity index (χ4v) is 6.99. The van der Waals surface area contributed by atoms with Crippen molar-refractivity contribution in [2.24, 2.45) is 0 Å². The highest BCUT2D eigenvalue weighted by atomic mass is 79.9. The summed E-state index contributed by atoms with van der Waals surface area (Å²) in [6.45, 7) is 0.337. The second kappa shape index (κ2) is 15.4. The van der Waals surface area contributed by atoms with Crippen molar-refractivity contribution in [3.63, 3.8) is 0 Å². The molecule has 0 heterocycles. The molecule has 3 aromatic carbocycles. The first-order chi connectivity index (χ1) is 20.7.